The maximum Gasteiger partial charge on any atom is 0.261 e. The topological polar surface area (TPSA) is 37.4 Å². The molecule has 0 unspecified atom stereocenters. The van der Waals surface area contributed by atoms with E-state index in [0.29, 0.717) is 5.69 Å². The number of allylic oxidation sites excluding steroid dienone is 2. The van der Waals surface area contributed by atoms with Gasteiger partial charge in [-0.05, 0) is 24.3 Å². The van der Waals surface area contributed by atoms with Crippen LogP contribution in [0.4, 0.5) is 5.69 Å². The average Bonchev–Trinajstić information content (AvgIpc) is 2.18. The summed E-state index contributed by atoms with van der Waals surface area (Å²) in [6, 6.07) is 8.95. The van der Waals surface area contributed by atoms with Gasteiger partial charge in [-0.2, -0.15) is 0 Å². The minimum atomic E-state index is -3.31. The van der Waals surface area contributed by atoms with Crippen LogP contribution >= 0.6 is 0 Å². The lowest BCUT2D eigenvalue weighted by atomic mass is 10.3. The normalized spacial score (nSPS) is 18.4. The molecule has 0 saturated carbocycles. The molecule has 0 fully saturated rings. The van der Waals surface area contributed by atoms with E-state index in [2.05, 4.69) is 0 Å². The molecule has 1 aromatic carbocycles. The fourth-order valence-electron chi connectivity index (χ4n) is 1.23. The molecule has 0 spiro atoms. The average molecular weight is 207 g/mol. The van der Waals surface area contributed by atoms with Crippen LogP contribution in [-0.2, 0) is 10.0 Å². The third-order valence-electron chi connectivity index (χ3n) is 1.87. The van der Waals surface area contributed by atoms with Gasteiger partial charge in [0.05, 0.1) is 11.1 Å². The highest BCUT2D eigenvalue weighted by Gasteiger charge is 2.18. The van der Waals surface area contributed by atoms with E-state index < -0.39 is 10.0 Å². The van der Waals surface area contributed by atoms with Gasteiger partial charge in [-0.25, -0.2) is 12.7 Å². The summed E-state index contributed by atoms with van der Waals surface area (Å²) < 4.78 is 24.4. The second-order valence-corrected chi connectivity index (χ2v) is 4.54. The van der Waals surface area contributed by atoms with E-state index in [4.69, 9.17) is 0 Å². The van der Waals surface area contributed by atoms with Crippen LogP contribution in [0.15, 0.2) is 54.1 Å². The first-order valence-corrected chi connectivity index (χ1v) is 5.65. The molecule has 0 bridgehead atoms. The molecule has 14 heavy (non-hydrogen) atoms. The number of para-hydroxylation sites is 1. The van der Waals surface area contributed by atoms with E-state index in [1.54, 1.807) is 30.3 Å². The van der Waals surface area contributed by atoms with Crippen molar-refractivity contribution in [3.05, 3.63) is 54.1 Å². The number of rotatable bonds is 1. The lowest BCUT2D eigenvalue weighted by Gasteiger charge is -2.19. The lowest BCUT2D eigenvalue weighted by Crippen LogP contribution is -2.24. The van der Waals surface area contributed by atoms with Gasteiger partial charge in [-0.3, -0.25) is 0 Å². The van der Waals surface area contributed by atoms with Gasteiger partial charge < -0.3 is 0 Å². The Kier molecular flexibility index (Phi) is 2.13. The summed E-state index contributed by atoms with van der Waals surface area (Å²) in [5.41, 5.74) is 0.646. The first-order chi connectivity index (χ1) is 6.70. The molecule has 0 N–H and O–H groups in total. The van der Waals surface area contributed by atoms with Gasteiger partial charge in [-0.15, -0.1) is 0 Å². The number of sulfonamides is 1. The van der Waals surface area contributed by atoms with Gasteiger partial charge in [0.25, 0.3) is 10.0 Å². The SMILES string of the molecule is O=S1(=O)C=CC=CN1c1ccccc1. The smallest absolute Gasteiger partial charge is 0.242 e. The molecule has 1 heterocycles. The molecule has 1 aliphatic heterocycles. The number of hydrogen-bond donors (Lipinski definition) is 0. The van der Waals surface area contributed by atoms with Crippen LogP contribution in [0.1, 0.15) is 0 Å². The summed E-state index contributed by atoms with van der Waals surface area (Å²) in [6.07, 6.45) is 4.73. The molecule has 0 saturated heterocycles. The zero-order chi connectivity index (χ0) is 10.0. The van der Waals surface area contributed by atoms with Crippen molar-refractivity contribution in [1.82, 2.24) is 0 Å². The summed E-state index contributed by atoms with van der Waals surface area (Å²) >= 11 is 0. The zero-order valence-corrected chi connectivity index (χ0v) is 8.18. The molecular formula is C10H9NO2S. The number of benzene rings is 1. The van der Waals surface area contributed by atoms with E-state index in [9.17, 15) is 8.42 Å². The zero-order valence-electron chi connectivity index (χ0n) is 7.37. The Labute approximate surface area is 83.0 Å². The molecule has 2 rings (SSSR count). The van der Waals surface area contributed by atoms with Crippen molar-refractivity contribution in [2.24, 2.45) is 0 Å². The van der Waals surface area contributed by atoms with Crippen LogP contribution in [0.2, 0.25) is 0 Å². The van der Waals surface area contributed by atoms with Crippen LogP contribution in [0.5, 0.6) is 0 Å². The molecule has 0 aromatic heterocycles. The molecule has 0 amide bonds. The van der Waals surface area contributed by atoms with Crippen molar-refractivity contribution in [2.75, 3.05) is 4.31 Å². The third-order valence-corrected chi connectivity index (χ3v) is 3.25. The Morgan fingerprint density at radius 3 is 2.36 bits per heavy atom. The van der Waals surface area contributed by atoms with E-state index in [1.807, 2.05) is 6.07 Å². The van der Waals surface area contributed by atoms with E-state index in [-0.39, 0.29) is 0 Å². The van der Waals surface area contributed by atoms with Crippen molar-refractivity contribution in [1.29, 1.82) is 0 Å². The lowest BCUT2D eigenvalue weighted by molar-refractivity contribution is 0.604. The summed E-state index contributed by atoms with van der Waals surface area (Å²) in [5.74, 6) is 0. The monoisotopic (exact) mass is 207 g/mol. The first-order valence-electron chi connectivity index (χ1n) is 4.14. The van der Waals surface area contributed by atoms with Crippen LogP contribution in [-0.4, -0.2) is 8.42 Å². The Hall–Kier alpha value is -1.55. The fourth-order valence-corrected chi connectivity index (χ4v) is 2.31. The Balaban J connectivity index is 2.46. The molecule has 0 atom stereocenters. The maximum absolute atomic E-state index is 11.6. The predicted molar refractivity (Wildman–Crippen MR) is 56.1 cm³/mol. The summed E-state index contributed by atoms with van der Waals surface area (Å²) in [5, 5.41) is 1.18. The number of anilines is 1. The van der Waals surface area contributed by atoms with Crippen LogP contribution in [0.3, 0.4) is 0 Å². The van der Waals surface area contributed by atoms with Crippen LogP contribution in [0, 0.1) is 0 Å². The van der Waals surface area contributed by atoms with Crippen LogP contribution in [0.25, 0.3) is 0 Å². The Morgan fingerprint density at radius 1 is 1.00 bits per heavy atom. The van der Waals surface area contributed by atoms with Crippen molar-refractivity contribution in [3.63, 3.8) is 0 Å². The molecule has 1 aromatic rings. The second kappa shape index (κ2) is 3.31. The van der Waals surface area contributed by atoms with Crippen LogP contribution < -0.4 is 4.31 Å². The predicted octanol–water partition coefficient (Wildman–Crippen LogP) is 1.86. The minimum Gasteiger partial charge on any atom is -0.242 e. The summed E-state index contributed by atoms with van der Waals surface area (Å²) in [6.45, 7) is 0. The van der Waals surface area contributed by atoms with Gasteiger partial charge in [-0.1, -0.05) is 18.2 Å². The van der Waals surface area contributed by atoms with E-state index >= 15 is 0 Å². The standard InChI is InChI=1S/C10H9NO2S/c12-14(13)9-5-4-8-11(14)10-6-2-1-3-7-10/h1-9H. The minimum absolute atomic E-state index is 0.646. The molecule has 0 radical (unpaired) electrons. The highest BCUT2D eigenvalue weighted by Crippen LogP contribution is 2.20. The summed E-state index contributed by atoms with van der Waals surface area (Å²) in [7, 11) is -3.31. The van der Waals surface area contributed by atoms with Gasteiger partial charge in [0.15, 0.2) is 0 Å². The van der Waals surface area contributed by atoms with Gasteiger partial charge in [0, 0.05) is 6.20 Å². The van der Waals surface area contributed by atoms with E-state index in [1.165, 1.54) is 22.0 Å². The summed E-state index contributed by atoms with van der Waals surface area (Å²) in [4.78, 5) is 0. The van der Waals surface area contributed by atoms with Crippen molar-refractivity contribution >= 4 is 15.7 Å². The highest BCUT2D eigenvalue weighted by atomic mass is 32.2. The molecule has 1 aliphatic rings. The molecule has 72 valence electrons. The molecule has 0 aliphatic carbocycles. The maximum atomic E-state index is 11.6. The first kappa shape index (κ1) is 9.02. The number of hydrogen-bond acceptors (Lipinski definition) is 2. The van der Waals surface area contributed by atoms with E-state index in [0.717, 1.165) is 0 Å². The second-order valence-electron chi connectivity index (χ2n) is 2.85. The number of nitrogens with zero attached hydrogens (tertiary/aromatic N) is 1. The van der Waals surface area contributed by atoms with Crippen molar-refractivity contribution in [2.45, 2.75) is 0 Å². The third kappa shape index (κ3) is 1.56. The molecule has 4 heteroatoms. The van der Waals surface area contributed by atoms with Gasteiger partial charge in [0.2, 0.25) is 0 Å². The van der Waals surface area contributed by atoms with Gasteiger partial charge in [0.1, 0.15) is 0 Å². The van der Waals surface area contributed by atoms with Crippen molar-refractivity contribution in [3.8, 4) is 0 Å². The highest BCUT2D eigenvalue weighted by molar-refractivity contribution is 7.95. The Morgan fingerprint density at radius 2 is 1.71 bits per heavy atom. The van der Waals surface area contributed by atoms with Gasteiger partial charge >= 0.3 is 0 Å². The quantitative estimate of drug-likeness (QED) is 0.705. The largest absolute Gasteiger partial charge is 0.261 e. The van der Waals surface area contributed by atoms with Crippen molar-refractivity contribution < 1.29 is 8.42 Å². The molecule has 3 nitrogen and oxygen atoms in total. The molecular weight excluding hydrogens is 198 g/mol. The Bertz CT molecular complexity index is 474. The fraction of sp³-hybridized carbons (Fsp3) is 0.